The number of carbonyl (C=O) groups is 3. The predicted octanol–water partition coefficient (Wildman–Crippen LogP) is 6.31. The molecular formula is C30H51N3O4S. The SMILES string of the molecule is CCCCCCCN(C(=O)C(CCSC)NC(=O)OC(C)(C)C)C(C(=O)NC(C)C)c1cc(C)ccc1C. The van der Waals surface area contributed by atoms with E-state index in [-0.39, 0.29) is 17.9 Å². The van der Waals surface area contributed by atoms with Gasteiger partial charge in [0.1, 0.15) is 17.7 Å². The van der Waals surface area contributed by atoms with E-state index in [9.17, 15) is 14.4 Å². The standard InChI is InChI=1S/C30H51N3O4S/c1-10-11-12-13-14-18-33(28(35)25(17-19-38-9)32-29(36)37-30(6,7)8)26(27(34)31-21(2)3)24-20-22(4)15-16-23(24)5/h15-16,20-21,25-26H,10-14,17-19H2,1-9H3,(H,31,34)(H,32,36). The van der Waals surface area contributed by atoms with Gasteiger partial charge in [-0.1, -0.05) is 56.4 Å². The van der Waals surface area contributed by atoms with Crippen molar-refractivity contribution in [1.82, 2.24) is 15.5 Å². The normalized spacial score (nSPS) is 13.1. The molecule has 1 aromatic carbocycles. The molecular weight excluding hydrogens is 498 g/mol. The lowest BCUT2D eigenvalue weighted by molar-refractivity contribution is -0.142. The van der Waals surface area contributed by atoms with Crippen LogP contribution in [0.15, 0.2) is 18.2 Å². The van der Waals surface area contributed by atoms with Crippen LogP contribution >= 0.6 is 11.8 Å². The quantitative estimate of drug-likeness (QED) is 0.250. The van der Waals surface area contributed by atoms with Crippen LogP contribution in [0.3, 0.4) is 0 Å². The van der Waals surface area contributed by atoms with E-state index in [4.69, 9.17) is 4.74 Å². The summed E-state index contributed by atoms with van der Waals surface area (Å²) in [6.07, 6.45) is 6.87. The van der Waals surface area contributed by atoms with Gasteiger partial charge in [0, 0.05) is 12.6 Å². The Hall–Kier alpha value is -2.22. The topological polar surface area (TPSA) is 87.7 Å². The Balaban J connectivity index is 3.51. The smallest absolute Gasteiger partial charge is 0.408 e. The molecule has 0 spiro atoms. The van der Waals surface area contributed by atoms with Crippen molar-refractivity contribution in [3.8, 4) is 0 Å². The van der Waals surface area contributed by atoms with Crippen LogP contribution in [-0.2, 0) is 14.3 Å². The van der Waals surface area contributed by atoms with Crippen LogP contribution in [0.2, 0.25) is 0 Å². The molecule has 2 unspecified atom stereocenters. The van der Waals surface area contributed by atoms with E-state index < -0.39 is 23.8 Å². The number of unbranched alkanes of at least 4 members (excludes halogenated alkanes) is 4. The second-order valence-corrected chi connectivity index (χ2v) is 12.3. The fourth-order valence-corrected chi connectivity index (χ4v) is 4.74. The molecule has 0 bridgehead atoms. The van der Waals surface area contributed by atoms with Crippen molar-refractivity contribution in [3.63, 3.8) is 0 Å². The van der Waals surface area contributed by atoms with Crippen molar-refractivity contribution >= 4 is 29.7 Å². The minimum atomic E-state index is -0.799. The van der Waals surface area contributed by atoms with Crippen LogP contribution in [0.1, 0.15) is 103 Å². The zero-order valence-electron chi connectivity index (χ0n) is 25.1. The first-order chi connectivity index (χ1) is 17.8. The third-order valence-electron chi connectivity index (χ3n) is 6.11. The second kappa shape index (κ2) is 16.7. The number of benzene rings is 1. The van der Waals surface area contributed by atoms with Crippen molar-refractivity contribution in [2.75, 3.05) is 18.6 Å². The van der Waals surface area contributed by atoms with Crippen LogP contribution in [0.4, 0.5) is 4.79 Å². The van der Waals surface area contributed by atoms with Gasteiger partial charge in [-0.05, 0) is 84.4 Å². The summed E-state index contributed by atoms with van der Waals surface area (Å²) in [5, 5.41) is 5.85. The molecule has 1 rings (SSSR count). The minimum Gasteiger partial charge on any atom is -0.444 e. The highest BCUT2D eigenvalue weighted by Gasteiger charge is 2.36. The number of amides is 3. The highest BCUT2D eigenvalue weighted by molar-refractivity contribution is 7.98. The van der Waals surface area contributed by atoms with Crippen LogP contribution in [-0.4, -0.2) is 59.0 Å². The highest BCUT2D eigenvalue weighted by atomic mass is 32.2. The summed E-state index contributed by atoms with van der Waals surface area (Å²) in [4.78, 5) is 42.4. The molecule has 0 radical (unpaired) electrons. The Morgan fingerprint density at radius 3 is 2.26 bits per heavy atom. The zero-order valence-corrected chi connectivity index (χ0v) is 25.9. The van der Waals surface area contributed by atoms with E-state index >= 15 is 0 Å². The fourth-order valence-electron chi connectivity index (χ4n) is 4.26. The largest absolute Gasteiger partial charge is 0.444 e. The highest BCUT2D eigenvalue weighted by Crippen LogP contribution is 2.28. The zero-order chi connectivity index (χ0) is 28.9. The number of ether oxygens (including phenoxy) is 1. The lowest BCUT2D eigenvalue weighted by atomic mass is 9.95. The summed E-state index contributed by atoms with van der Waals surface area (Å²) < 4.78 is 5.48. The van der Waals surface area contributed by atoms with Crippen molar-refractivity contribution in [2.45, 2.75) is 118 Å². The Morgan fingerprint density at radius 2 is 1.68 bits per heavy atom. The number of hydrogen-bond acceptors (Lipinski definition) is 5. The number of nitrogens with one attached hydrogen (secondary N) is 2. The predicted molar refractivity (Wildman–Crippen MR) is 159 cm³/mol. The monoisotopic (exact) mass is 549 g/mol. The number of aryl methyl sites for hydroxylation is 2. The lowest BCUT2D eigenvalue weighted by Crippen LogP contribution is -2.54. The van der Waals surface area contributed by atoms with Crippen molar-refractivity contribution in [3.05, 3.63) is 34.9 Å². The van der Waals surface area contributed by atoms with E-state index in [1.807, 2.05) is 52.1 Å². The molecule has 1 aromatic rings. The fraction of sp³-hybridized carbons (Fsp3) is 0.700. The van der Waals surface area contributed by atoms with E-state index in [0.29, 0.717) is 18.7 Å². The molecule has 0 saturated heterocycles. The second-order valence-electron chi connectivity index (χ2n) is 11.4. The maximum atomic E-state index is 14.2. The third kappa shape index (κ3) is 12.1. The van der Waals surface area contributed by atoms with Gasteiger partial charge in [-0.25, -0.2) is 4.79 Å². The molecule has 216 valence electrons. The Morgan fingerprint density at radius 1 is 1.03 bits per heavy atom. The van der Waals surface area contributed by atoms with E-state index in [2.05, 4.69) is 17.6 Å². The van der Waals surface area contributed by atoms with Crippen LogP contribution < -0.4 is 10.6 Å². The van der Waals surface area contributed by atoms with Gasteiger partial charge in [-0.15, -0.1) is 0 Å². The van der Waals surface area contributed by atoms with Crippen LogP contribution in [0.5, 0.6) is 0 Å². The summed E-state index contributed by atoms with van der Waals surface area (Å²) >= 11 is 1.61. The molecule has 0 saturated carbocycles. The maximum absolute atomic E-state index is 14.2. The van der Waals surface area contributed by atoms with Crippen molar-refractivity contribution in [1.29, 1.82) is 0 Å². The lowest BCUT2D eigenvalue weighted by Gasteiger charge is -2.35. The number of hydrogen-bond donors (Lipinski definition) is 2. The first kappa shape index (κ1) is 33.8. The van der Waals surface area contributed by atoms with Gasteiger partial charge in [0.25, 0.3) is 0 Å². The van der Waals surface area contributed by atoms with Crippen LogP contribution in [0.25, 0.3) is 0 Å². The van der Waals surface area contributed by atoms with Crippen molar-refractivity contribution < 1.29 is 19.1 Å². The number of carbonyl (C=O) groups excluding carboxylic acids is 3. The molecule has 2 N–H and O–H groups in total. The van der Waals surface area contributed by atoms with E-state index in [1.165, 1.54) is 0 Å². The van der Waals surface area contributed by atoms with Gasteiger partial charge in [-0.3, -0.25) is 9.59 Å². The summed E-state index contributed by atoms with van der Waals surface area (Å²) in [5.41, 5.74) is 2.10. The maximum Gasteiger partial charge on any atom is 0.408 e. The van der Waals surface area contributed by atoms with Gasteiger partial charge >= 0.3 is 6.09 Å². The molecule has 2 atom stereocenters. The molecule has 0 aliphatic heterocycles. The van der Waals surface area contributed by atoms with Gasteiger partial charge in [0.05, 0.1) is 0 Å². The number of rotatable bonds is 15. The number of alkyl carbamates (subject to hydrolysis) is 1. The first-order valence-corrected chi connectivity index (χ1v) is 15.4. The van der Waals surface area contributed by atoms with Gasteiger partial charge in [0.15, 0.2) is 0 Å². The molecule has 38 heavy (non-hydrogen) atoms. The summed E-state index contributed by atoms with van der Waals surface area (Å²) in [7, 11) is 0. The number of nitrogens with zero attached hydrogens (tertiary/aromatic N) is 1. The van der Waals surface area contributed by atoms with E-state index in [0.717, 1.165) is 48.8 Å². The van der Waals surface area contributed by atoms with Crippen molar-refractivity contribution in [2.24, 2.45) is 0 Å². The summed E-state index contributed by atoms with van der Waals surface area (Å²) in [6, 6.07) is 4.33. The van der Waals surface area contributed by atoms with Crippen LogP contribution in [0, 0.1) is 13.8 Å². The molecule has 0 aliphatic rings. The minimum absolute atomic E-state index is 0.0798. The summed E-state index contributed by atoms with van der Waals surface area (Å²) in [6.45, 7) is 15.8. The van der Waals surface area contributed by atoms with Gasteiger partial charge < -0.3 is 20.3 Å². The first-order valence-electron chi connectivity index (χ1n) is 14.0. The molecule has 0 aliphatic carbocycles. The molecule has 3 amide bonds. The van der Waals surface area contributed by atoms with Gasteiger partial charge in [-0.2, -0.15) is 11.8 Å². The Kier molecular flexibility index (Phi) is 14.8. The number of thioether (sulfide) groups is 1. The molecule has 8 heteroatoms. The van der Waals surface area contributed by atoms with E-state index in [1.54, 1.807) is 37.4 Å². The average Bonchev–Trinajstić information content (AvgIpc) is 2.80. The van der Waals surface area contributed by atoms with Gasteiger partial charge in [0.2, 0.25) is 11.8 Å². The molecule has 0 heterocycles. The Labute approximate surface area is 235 Å². The molecule has 0 aromatic heterocycles. The average molecular weight is 550 g/mol. The Bertz CT molecular complexity index is 898. The molecule has 0 fully saturated rings. The summed E-state index contributed by atoms with van der Waals surface area (Å²) in [5.74, 6) is 0.213. The molecule has 7 nitrogen and oxygen atoms in total. The third-order valence-corrected chi connectivity index (χ3v) is 6.75.